The second-order valence-electron chi connectivity index (χ2n) is 9.40. The van der Waals surface area contributed by atoms with Crippen molar-refractivity contribution in [3.63, 3.8) is 0 Å². The Balaban J connectivity index is 3.41. The summed E-state index contributed by atoms with van der Waals surface area (Å²) in [5.41, 5.74) is 5.74. The molecule has 1 aliphatic heterocycles. The minimum atomic E-state index is -1.59. The molecule has 0 saturated carbocycles. The topological polar surface area (TPSA) is 265 Å². The number of allylic oxidation sites excluding steroid dienone is 3. The van der Waals surface area contributed by atoms with Crippen LogP contribution < -0.4 is 37.6 Å². The first-order valence-electron chi connectivity index (χ1n) is 13.3. The Bertz CT molecular complexity index is 1120. The average molecular weight is 593 g/mol. The Labute approximate surface area is 243 Å². The minimum Gasteiger partial charge on any atom is -0.509 e. The van der Waals surface area contributed by atoms with Crippen LogP contribution in [0.15, 0.2) is 36.1 Å². The lowest BCUT2D eigenvalue weighted by molar-refractivity contribution is -0.141. The number of nitrogens with one attached hydrogen (secondary N) is 7. The van der Waals surface area contributed by atoms with Crippen LogP contribution in [0.3, 0.4) is 0 Å². The third-order valence-corrected chi connectivity index (χ3v) is 6.05. The number of carboxylic acid groups (broad SMARTS) is 1. The van der Waals surface area contributed by atoms with Crippen molar-refractivity contribution in [1.29, 1.82) is 5.41 Å². The van der Waals surface area contributed by atoms with E-state index in [4.69, 9.17) is 11.1 Å². The van der Waals surface area contributed by atoms with Crippen molar-refractivity contribution in [1.82, 2.24) is 31.9 Å². The largest absolute Gasteiger partial charge is 0.509 e. The molecule has 1 rings (SSSR count). The number of hydrogen-bond acceptors (Lipinski definition) is 8. The molecule has 0 aromatic carbocycles. The lowest BCUT2D eigenvalue weighted by Gasteiger charge is -2.25. The maximum absolute atomic E-state index is 13.4. The number of hydrogen-bond donors (Lipinski definition) is 10. The Hall–Kier alpha value is -4.89. The fourth-order valence-corrected chi connectivity index (χ4v) is 3.82. The van der Waals surface area contributed by atoms with Crippen LogP contribution in [-0.2, 0) is 28.8 Å². The van der Waals surface area contributed by atoms with Crippen LogP contribution in [0.25, 0.3) is 0 Å². The zero-order valence-corrected chi connectivity index (χ0v) is 23.6. The van der Waals surface area contributed by atoms with Gasteiger partial charge in [-0.1, -0.05) is 25.7 Å². The molecule has 16 heteroatoms. The van der Waals surface area contributed by atoms with Gasteiger partial charge in [0.25, 0.3) is 0 Å². The fourth-order valence-electron chi connectivity index (χ4n) is 3.82. The summed E-state index contributed by atoms with van der Waals surface area (Å²) >= 11 is 0. The molecule has 42 heavy (non-hydrogen) atoms. The monoisotopic (exact) mass is 592 g/mol. The SMILES string of the molecule is C=C(O)/C=C\C(=C/C)C[C@@H]1NC(=O)[C@H](CC(=O)O)NC(=O)CNC(=O)[C@H](CCCNC(=N)N)NC(=O)[C@@H](CC)NC1=O. The smallest absolute Gasteiger partial charge is 0.305 e. The summed E-state index contributed by atoms with van der Waals surface area (Å²) in [6.45, 7) is 6.22. The van der Waals surface area contributed by atoms with Gasteiger partial charge >= 0.3 is 5.97 Å². The number of rotatable bonds is 11. The summed E-state index contributed by atoms with van der Waals surface area (Å²) in [4.78, 5) is 76.5. The molecule has 0 radical (unpaired) electrons. The standard InChI is InChI=1S/C26H40N8O8/c1-4-15(9-8-14(3)35)11-18-24(41)32-16(5-2)23(40)33-17(7-6-10-29-26(27)28)22(39)30-13-20(36)31-19(12-21(37)38)25(42)34-18/h4,8-9,16-19,35H,3,5-7,10-13H2,1-2H3,(H,30,39)(H,31,36)(H,32,41)(H,33,40)(H,34,42)(H,37,38)(H4,27,28,29)/b9-8-,15-4+/t16-,17+,18+,19+/m1/s1. The van der Waals surface area contributed by atoms with E-state index in [1.807, 2.05) is 0 Å². The van der Waals surface area contributed by atoms with Crippen LogP contribution in [0.2, 0.25) is 0 Å². The van der Waals surface area contributed by atoms with Crippen LogP contribution in [-0.4, -0.2) is 88.9 Å². The van der Waals surface area contributed by atoms with Gasteiger partial charge in [0, 0.05) is 13.0 Å². The molecule has 5 amide bonds. The van der Waals surface area contributed by atoms with Crippen LogP contribution in [0, 0.1) is 5.41 Å². The Kier molecular flexibility index (Phi) is 14.8. The van der Waals surface area contributed by atoms with Crippen LogP contribution in [0.5, 0.6) is 0 Å². The first kappa shape index (κ1) is 35.1. The Morgan fingerprint density at radius 2 is 1.52 bits per heavy atom. The lowest BCUT2D eigenvalue weighted by atomic mass is 10.0. The highest BCUT2D eigenvalue weighted by molar-refractivity contribution is 5.98. The molecular formula is C26H40N8O8. The predicted octanol–water partition coefficient (Wildman–Crippen LogP) is -1.83. The van der Waals surface area contributed by atoms with Crippen molar-refractivity contribution >= 4 is 41.5 Å². The zero-order valence-electron chi connectivity index (χ0n) is 23.6. The number of carbonyl (C=O) groups is 6. The van der Waals surface area contributed by atoms with Crippen LogP contribution in [0.1, 0.15) is 46.0 Å². The number of amides is 5. The summed E-state index contributed by atoms with van der Waals surface area (Å²) in [6.07, 6.45) is 3.89. The molecule has 4 atom stereocenters. The number of guanidine groups is 1. The molecule has 11 N–H and O–H groups in total. The van der Waals surface area contributed by atoms with E-state index >= 15 is 0 Å². The van der Waals surface area contributed by atoms with Gasteiger partial charge in [0.15, 0.2) is 5.96 Å². The van der Waals surface area contributed by atoms with Gasteiger partial charge in [-0.05, 0) is 37.8 Å². The number of aliphatic carboxylic acids is 1. The van der Waals surface area contributed by atoms with Gasteiger partial charge in [0.05, 0.1) is 13.0 Å². The van der Waals surface area contributed by atoms with E-state index in [1.54, 1.807) is 19.9 Å². The lowest BCUT2D eigenvalue weighted by Crippen LogP contribution is -2.57. The van der Waals surface area contributed by atoms with Gasteiger partial charge in [0.1, 0.15) is 29.9 Å². The highest BCUT2D eigenvalue weighted by Crippen LogP contribution is 2.11. The van der Waals surface area contributed by atoms with E-state index in [1.165, 1.54) is 12.2 Å². The summed E-state index contributed by atoms with van der Waals surface area (Å²) in [6, 6.07) is -5.17. The summed E-state index contributed by atoms with van der Waals surface area (Å²) in [5, 5.41) is 40.7. The van der Waals surface area contributed by atoms with E-state index in [9.17, 15) is 39.0 Å². The highest BCUT2D eigenvalue weighted by Gasteiger charge is 2.32. The van der Waals surface area contributed by atoms with Gasteiger partial charge in [-0.3, -0.25) is 34.2 Å². The molecule has 0 aromatic rings. The first-order valence-corrected chi connectivity index (χ1v) is 13.3. The van der Waals surface area contributed by atoms with Crippen molar-refractivity contribution in [2.24, 2.45) is 5.73 Å². The number of carbonyl (C=O) groups excluding carboxylic acids is 5. The summed E-state index contributed by atoms with van der Waals surface area (Å²) in [7, 11) is 0. The Morgan fingerprint density at radius 3 is 2.07 bits per heavy atom. The van der Waals surface area contributed by atoms with Gasteiger partial charge < -0.3 is 47.8 Å². The van der Waals surface area contributed by atoms with Crippen molar-refractivity contribution in [3.05, 3.63) is 36.1 Å². The third kappa shape index (κ3) is 13.0. The molecule has 1 heterocycles. The highest BCUT2D eigenvalue weighted by atomic mass is 16.4. The van der Waals surface area contributed by atoms with Crippen molar-refractivity contribution < 1.29 is 39.0 Å². The Morgan fingerprint density at radius 1 is 0.952 bits per heavy atom. The normalized spacial score (nSPS) is 22.9. The zero-order chi connectivity index (χ0) is 31.8. The van der Waals surface area contributed by atoms with E-state index in [0.717, 1.165) is 0 Å². The van der Waals surface area contributed by atoms with Gasteiger partial charge in [-0.15, -0.1) is 0 Å². The maximum atomic E-state index is 13.4. The molecule has 0 aromatic heterocycles. The maximum Gasteiger partial charge on any atom is 0.305 e. The average Bonchev–Trinajstić information content (AvgIpc) is 2.91. The predicted molar refractivity (Wildman–Crippen MR) is 152 cm³/mol. The molecule has 16 nitrogen and oxygen atoms in total. The van der Waals surface area contributed by atoms with E-state index in [-0.39, 0.29) is 37.5 Å². The summed E-state index contributed by atoms with van der Waals surface area (Å²) < 4.78 is 0. The van der Waals surface area contributed by atoms with Gasteiger partial charge in [0.2, 0.25) is 29.5 Å². The minimum absolute atomic E-state index is 0.0846. The third-order valence-electron chi connectivity index (χ3n) is 6.05. The second kappa shape index (κ2) is 17.7. The van der Waals surface area contributed by atoms with E-state index in [0.29, 0.717) is 12.0 Å². The molecule has 1 aliphatic rings. The van der Waals surface area contributed by atoms with Crippen molar-refractivity contribution in [2.45, 2.75) is 70.1 Å². The van der Waals surface area contributed by atoms with Gasteiger partial charge in [-0.25, -0.2) is 0 Å². The van der Waals surface area contributed by atoms with Crippen molar-refractivity contribution in [3.8, 4) is 0 Å². The molecule has 0 unspecified atom stereocenters. The summed E-state index contributed by atoms with van der Waals surface area (Å²) in [5.74, 6) is -6.01. The molecule has 0 aliphatic carbocycles. The molecule has 1 saturated heterocycles. The van der Waals surface area contributed by atoms with Crippen LogP contribution in [0.4, 0.5) is 0 Å². The van der Waals surface area contributed by atoms with E-state index in [2.05, 4.69) is 38.5 Å². The number of carboxylic acids is 1. The fraction of sp³-hybridized carbons (Fsp3) is 0.500. The van der Waals surface area contributed by atoms with Crippen LogP contribution >= 0.6 is 0 Å². The quantitative estimate of drug-likeness (QED) is 0.0421. The number of nitrogens with two attached hydrogens (primary N) is 1. The molecule has 232 valence electrons. The van der Waals surface area contributed by atoms with E-state index < -0.39 is 72.6 Å². The van der Waals surface area contributed by atoms with Gasteiger partial charge in [-0.2, -0.15) is 0 Å². The van der Waals surface area contributed by atoms with Crippen molar-refractivity contribution in [2.75, 3.05) is 13.1 Å². The molecular weight excluding hydrogens is 552 g/mol. The molecule has 0 spiro atoms. The molecule has 1 fully saturated rings. The first-order chi connectivity index (χ1) is 19.8. The number of aliphatic hydroxyl groups excluding tert-OH is 1. The second-order valence-corrected chi connectivity index (χ2v) is 9.40. The number of aliphatic hydroxyl groups is 1. The molecule has 0 bridgehead atoms.